The van der Waals surface area contributed by atoms with Gasteiger partial charge in [-0.2, -0.15) is 0 Å². The van der Waals surface area contributed by atoms with Crippen LogP contribution in [0.5, 0.6) is 5.75 Å². The molecule has 3 aromatic heterocycles. The molecule has 0 unspecified atom stereocenters. The van der Waals surface area contributed by atoms with Crippen molar-refractivity contribution in [2.75, 3.05) is 6.61 Å². The number of fused-ring (bicyclic) bond motifs is 1. The maximum Gasteiger partial charge on any atom is 0.263 e. The maximum absolute atomic E-state index is 13.1. The lowest BCUT2D eigenvalue weighted by Gasteiger charge is -2.12. The second-order valence-corrected chi connectivity index (χ2v) is 7.85. The van der Waals surface area contributed by atoms with Gasteiger partial charge < -0.3 is 14.6 Å². The van der Waals surface area contributed by atoms with E-state index in [1.54, 1.807) is 6.20 Å². The zero-order chi connectivity index (χ0) is 20.4. The lowest BCUT2D eigenvalue weighted by molar-refractivity contribution is 0.0955. The number of amides is 1. The number of benzene rings is 1. The van der Waals surface area contributed by atoms with Crippen molar-refractivity contribution in [3.05, 3.63) is 76.6 Å². The van der Waals surface area contributed by atoms with Crippen LogP contribution >= 0.6 is 11.3 Å². The SMILES string of the molecule is CCOc1ccc(CNC(=O)c2sc3ncccc3c2-n2c(C)ccc2C)cc1. The van der Waals surface area contributed by atoms with Crippen LogP contribution in [0, 0.1) is 13.8 Å². The van der Waals surface area contributed by atoms with Gasteiger partial charge in [0.1, 0.15) is 15.5 Å². The van der Waals surface area contributed by atoms with Gasteiger partial charge in [0.25, 0.3) is 5.91 Å². The quantitative estimate of drug-likeness (QED) is 0.489. The minimum Gasteiger partial charge on any atom is -0.494 e. The highest BCUT2D eigenvalue weighted by Gasteiger charge is 2.22. The zero-order valence-corrected chi connectivity index (χ0v) is 17.5. The topological polar surface area (TPSA) is 56.1 Å². The number of ether oxygens (including phenoxy) is 1. The third-order valence-corrected chi connectivity index (χ3v) is 5.93. The maximum atomic E-state index is 13.1. The van der Waals surface area contributed by atoms with Crippen LogP contribution in [-0.4, -0.2) is 22.1 Å². The fourth-order valence-corrected chi connectivity index (χ4v) is 4.49. The number of rotatable bonds is 6. The zero-order valence-electron chi connectivity index (χ0n) is 16.7. The molecular weight excluding hydrogens is 382 g/mol. The first-order chi connectivity index (χ1) is 14.1. The van der Waals surface area contributed by atoms with Crippen LogP contribution in [0.3, 0.4) is 0 Å². The molecule has 1 aromatic carbocycles. The summed E-state index contributed by atoms with van der Waals surface area (Å²) in [6.07, 6.45) is 1.76. The van der Waals surface area contributed by atoms with E-state index in [0.29, 0.717) is 18.0 Å². The Bertz CT molecular complexity index is 1140. The minimum atomic E-state index is -0.0932. The number of aryl methyl sites for hydroxylation is 2. The van der Waals surface area contributed by atoms with E-state index < -0.39 is 0 Å². The lowest BCUT2D eigenvalue weighted by atomic mass is 10.2. The average Bonchev–Trinajstić information content (AvgIpc) is 3.27. The summed E-state index contributed by atoms with van der Waals surface area (Å²) < 4.78 is 7.60. The van der Waals surface area contributed by atoms with Gasteiger partial charge in [-0.25, -0.2) is 4.98 Å². The third-order valence-electron chi connectivity index (χ3n) is 4.83. The van der Waals surface area contributed by atoms with Crippen LogP contribution in [0.25, 0.3) is 15.9 Å². The first-order valence-corrected chi connectivity index (χ1v) is 10.4. The highest BCUT2D eigenvalue weighted by molar-refractivity contribution is 7.21. The molecule has 0 atom stereocenters. The van der Waals surface area contributed by atoms with E-state index in [-0.39, 0.29) is 5.91 Å². The highest BCUT2D eigenvalue weighted by atomic mass is 32.1. The summed E-state index contributed by atoms with van der Waals surface area (Å²) >= 11 is 1.43. The van der Waals surface area contributed by atoms with Gasteiger partial charge in [-0.05, 0) is 62.7 Å². The Labute approximate surface area is 174 Å². The van der Waals surface area contributed by atoms with Crippen molar-refractivity contribution >= 4 is 27.5 Å². The van der Waals surface area contributed by atoms with E-state index in [1.807, 2.05) is 43.3 Å². The molecule has 5 nitrogen and oxygen atoms in total. The molecule has 3 heterocycles. The van der Waals surface area contributed by atoms with Crippen LogP contribution in [0.4, 0.5) is 0 Å². The van der Waals surface area contributed by atoms with E-state index >= 15 is 0 Å². The number of carbonyl (C=O) groups is 1. The second-order valence-electron chi connectivity index (χ2n) is 6.85. The molecule has 0 radical (unpaired) electrons. The van der Waals surface area contributed by atoms with Crippen LogP contribution < -0.4 is 10.1 Å². The molecule has 4 aromatic rings. The third kappa shape index (κ3) is 3.76. The summed E-state index contributed by atoms with van der Waals surface area (Å²) in [4.78, 5) is 19.1. The molecule has 29 heavy (non-hydrogen) atoms. The van der Waals surface area contributed by atoms with Gasteiger partial charge in [0, 0.05) is 29.5 Å². The average molecular weight is 406 g/mol. The molecule has 0 fully saturated rings. The largest absolute Gasteiger partial charge is 0.494 e. The van der Waals surface area contributed by atoms with Gasteiger partial charge in [0.15, 0.2) is 0 Å². The number of pyridine rings is 1. The Kier molecular flexibility index (Phi) is 5.36. The molecule has 1 amide bonds. The molecule has 0 spiro atoms. The van der Waals surface area contributed by atoms with Crippen molar-refractivity contribution in [3.63, 3.8) is 0 Å². The Morgan fingerprint density at radius 3 is 2.52 bits per heavy atom. The van der Waals surface area contributed by atoms with Crippen LogP contribution in [0.2, 0.25) is 0 Å². The van der Waals surface area contributed by atoms with Crippen molar-refractivity contribution < 1.29 is 9.53 Å². The Balaban J connectivity index is 1.65. The van der Waals surface area contributed by atoms with Crippen molar-refractivity contribution in [3.8, 4) is 11.4 Å². The summed E-state index contributed by atoms with van der Waals surface area (Å²) in [6.45, 7) is 7.15. The van der Waals surface area contributed by atoms with E-state index in [2.05, 4.69) is 40.8 Å². The molecule has 4 rings (SSSR count). The van der Waals surface area contributed by atoms with Gasteiger partial charge in [-0.1, -0.05) is 12.1 Å². The molecule has 6 heteroatoms. The monoisotopic (exact) mass is 405 g/mol. The second kappa shape index (κ2) is 8.09. The summed E-state index contributed by atoms with van der Waals surface area (Å²) in [7, 11) is 0. The predicted octanol–water partition coefficient (Wildman–Crippen LogP) is 5.03. The molecule has 0 aliphatic rings. The van der Waals surface area contributed by atoms with E-state index in [4.69, 9.17) is 4.74 Å². The van der Waals surface area contributed by atoms with Gasteiger partial charge >= 0.3 is 0 Å². The summed E-state index contributed by atoms with van der Waals surface area (Å²) in [6, 6.07) is 15.9. The smallest absolute Gasteiger partial charge is 0.263 e. The Hall–Kier alpha value is -3.12. The Morgan fingerprint density at radius 2 is 1.83 bits per heavy atom. The lowest BCUT2D eigenvalue weighted by Crippen LogP contribution is -2.23. The number of nitrogens with one attached hydrogen (secondary N) is 1. The minimum absolute atomic E-state index is 0.0932. The van der Waals surface area contributed by atoms with E-state index in [9.17, 15) is 4.79 Å². The summed E-state index contributed by atoms with van der Waals surface area (Å²) in [5.41, 5.74) is 4.11. The Morgan fingerprint density at radius 1 is 1.10 bits per heavy atom. The van der Waals surface area contributed by atoms with E-state index in [1.165, 1.54) is 11.3 Å². The fourth-order valence-electron chi connectivity index (χ4n) is 3.45. The fraction of sp³-hybridized carbons (Fsp3) is 0.217. The van der Waals surface area contributed by atoms with Gasteiger partial charge in [0.2, 0.25) is 0 Å². The van der Waals surface area contributed by atoms with Gasteiger partial charge in [0.05, 0.1) is 12.3 Å². The van der Waals surface area contributed by atoms with E-state index in [0.717, 1.165) is 38.6 Å². The summed E-state index contributed by atoms with van der Waals surface area (Å²) in [5, 5.41) is 4.05. The summed E-state index contributed by atoms with van der Waals surface area (Å²) in [5.74, 6) is 0.739. The van der Waals surface area contributed by atoms with Crippen LogP contribution in [-0.2, 0) is 6.54 Å². The molecule has 0 bridgehead atoms. The van der Waals surface area contributed by atoms with Crippen LogP contribution in [0.1, 0.15) is 33.5 Å². The first-order valence-electron chi connectivity index (χ1n) is 9.61. The molecule has 0 aliphatic carbocycles. The first kappa shape index (κ1) is 19.2. The number of hydrogen-bond acceptors (Lipinski definition) is 4. The van der Waals surface area contributed by atoms with Gasteiger partial charge in [-0.3, -0.25) is 4.79 Å². The predicted molar refractivity (Wildman–Crippen MR) is 117 cm³/mol. The number of nitrogens with zero attached hydrogens (tertiary/aromatic N) is 2. The molecule has 0 saturated carbocycles. The number of aromatic nitrogens is 2. The number of hydrogen-bond donors (Lipinski definition) is 1. The van der Waals surface area contributed by atoms with Crippen molar-refractivity contribution in [1.82, 2.24) is 14.9 Å². The van der Waals surface area contributed by atoms with Crippen LogP contribution in [0.15, 0.2) is 54.7 Å². The van der Waals surface area contributed by atoms with Crippen molar-refractivity contribution in [2.45, 2.75) is 27.3 Å². The standard InChI is InChI=1S/C23H23N3O2S/c1-4-28-18-11-9-17(10-12-18)14-25-22(27)21-20(26-15(2)7-8-16(26)3)19-6-5-13-24-23(19)29-21/h5-13H,4,14H2,1-3H3,(H,25,27). The molecule has 0 saturated heterocycles. The highest BCUT2D eigenvalue weighted by Crippen LogP contribution is 2.34. The normalized spacial score (nSPS) is 11.0. The van der Waals surface area contributed by atoms with Gasteiger partial charge in [-0.15, -0.1) is 11.3 Å². The molecule has 1 N–H and O–H groups in total. The van der Waals surface area contributed by atoms with Crippen molar-refractivity contribution in [1.29, 1.82) is 0 Å². The molecule has 0 aliphatic heterocycles. The molecule has 148 valence electrons. The van der Waals surface area contributed by atoms with Crippen molar-refractivity contribution in [2.24, 2.45) is 0 Å². The number of carbonyl (C=O) groups excluding carboxylic acids is 1. The molecular formula is C23H23N3O2S. The number of thiophene rings is 1.